The van der Waals surface area contributed by atoms with E-state index in [1.807, 2.05) is 31.2 Å². The van der Waals surface area contributed by atoms with Crippen molar-refractivity contribution in [2.24, 2.45) is 10.9 Å². The first kappa shape index (κ1) is 12.0. The Bertz CT molecular complexity index is 415. The van der Waals surface area contributed by atoms with Crippen LogP contribution in [-0.4, -0.2) is 24.0 Å². The molecule has 5 nitrogen and oxygen atoms in total. The molecular formula is C11H15N3O2. The molecule has 0 saturated carbocycles. The highest BCUT2D eigenvalue weighted by atomic mass is 16.4. The van der Waals surface area contributed by atoms with Gasteiger partial charge in [0.2, 0.25) is 5.91 Å². The maximum atomic E-state index is 11.7. The van der Waals surface area contributed by atoms with Crippen LogP contribution in [0.15, 0.2) is 29.4 Å². The standard InChI is InChI=1S/C11H15N3O2/c1-8-4-3-5-9(6-8)14(2)11(15)7-10(12)13-16/h3-6,16H,7H2,1-2H3,(H2,12,13). The Labute approximate surface area is 94.2 Å². The average molecular weight is 221 g/mol. The number of anilines is 1. The van der Waals surface area contributed by atoms with Gasteiger partial charge < -0.3 is 15.8 Å². The maximum Gasteiger partial charge on any atom is 0.234 e. The van der Waals surface area contributed by atoms with E-state index >= 15 is 0 Å². The summed E-state index contributed by atoms with van der Waals surface area (Å²) in [6, 6.07) is 7.55. The van der Waals surface area contributed by atoms with Crippen LogP contribution >= 0.6 is 0 Å². The third-order valence-corrected chi connectivity index (χ3v) is 2.22. The lowest BCUT2D eigenvalue weighted by atomic mass is 10.2. The van der Waals surface area contributed by atoms with Crippen molar-refractivity contribution >= 4 is 17.4 Å². The van der Waals surface area contributed by atoms with E-state index in [2.05, 4.69) is 5.16 Å². The van der Waals surface area contributed by atoms with Gasteiger partial charge in [-0.15, -0.1) is 0 Å². The fourth-order valence-electron chi connectivity index (χ4n) is 1.29. The third-order valence-electron chi connectivity index (χ3n) is 2.22. The maximum absolute atomic E-state index is 11.7. The van der Waals surface area contributed by atoms with Gasteiger partial charge in [0.15, 0.2) is 0 Å². The SMILES string of the molecule is Cc1cccc(N(C)C(=O)CC(N)=NO)c1. The zero-order valence-electron chi connectivity index (χ0n) is 9.34. The molecule has 0 aliphatic carbocycles. The molecule has 1 rings (SSSR count). The number of hydrogen-bond donors (Lipinski definition) is 2. The molecule has 0 aromatic heterocycles. The summed E-state index contributed by atoms with van der Waals surface area (Å²) in [5.41, 5.74) is 7.13. The molecule has 0 aliphatic heterocycles. The molecule has 0 unspecified atom stereocenters. The summed E-state index contributed by atoms with van der Waals surface area (Å²) in [6.45, 7) is 1.95. The summed E-state index contributed by atoms with van der Waals surface area (Å²) in [7, 11) is 1.65. The predicted molar refractivity (Wildman–Crippen MR) is 62.6 cm³/mol. The Morgan fingerprint density at radius 3 is 2.81 bits per heavy atom. The van der Waals surface area contributed by atoms with Crippen molar-refractivity contribution in [2.75, 3.05) is 11.9 Å². The van der Waals surface area contributed by atoms with E-state index < -0.39 is 0 Å². The first-order chi connectivity index (χ1) is 7.54. The second kappa shape index (κ2) is 5.16. The van der Waals surface area contributed by atoms with Crippen molar-refractivity contribution in [3.8, 4) is 0 Å². The molecule has 3 N–H and O–H groups in total. The molecule has 0 atom stereocenters. The summed E-state index contributed by atoms with van der Waals surface area (Å²) >= 11 is 0. The smallest absolute Gasteiger partial charge is 0.234 e. The monoisotopic (exact) mass is 221 g/mol. The van der Waals surface area contributed by atoms with Crippen LogP contribution in [0, 0.1) is 6.92 Å². The molecule has 0 radical (unpaired) electrons. The Hall–Kier alpha value is -2.04. The number of carbonyl (C=O) groups excluding carboxylic acids is 1. The number of amidine groups is 1. The Kier molecular flexibility index (Phi) is 3.88. The van der Waals surface area contributed by atoms with Gasteiger partial charge in [-0.05, 0) is 24.6 Å². The van der Waals surface area contributed by atoms with Crippen LogP contribution in [-0.2, 0) is 4.79 Å². The van der Waals surface area contributed by atoms with E-state index in [-0.39, 0.29) is 18.2 Å². The summed E-state index contributed by atoms with van der Waals surface area (Å²) in [5, 5.41) is 11.1. The highest BCUT2D eigenvalue weighted by Gasteiger charge is 2.12. The second-order valence-corrected chi connectivity index (χ2v) is 3.56. The lowest BCUT2D eigenvalue weighted by Gasteiger charge is -2.17. The lowest BCUT2D eigenvalue weighted by molar-refractivity contribution is -0.117. The number of amides is 1. The first-order valence-corrected chi connectivity index (χ1v) is 4.84. The van der Waals surface area contributed by atoms with Crippen LogP contribution in [0.25, 0.3) is 0 Å². The van der Waals surface area contributed by atoms with Gasteiger partial charge in [-0.2, -0.15) is 0 Å². The van der Waals surface area contributed by atoms with E-state index in [1.165, 1.54) is 4.90 Å². The zero-order valence-corrected chi connectivity index (χ0v) is 9.34. The molecule has 0 bridgehead atoms. The molecule has 0 aliphatic rings. The molecular weight excluding hydrogens is 206 g/mol. The molecule has 1 aromatic carbocycles. The molecule has 0 saturated heterocycles. The average Bonchev–Trinajstić information content (AvgIpc) is 2.27. The number of oxime groups is 1. The minimum Gasteiger partial charge on any atom is -0.409 e. The van der Waals surface area contributed by atoms with Gasteiger partial charge in [-0.3, -0.25) is 4.79 Å². The normalized spacial score (nSPS) is 11.2. The molecule has 5 heteroatoms. The highest BCUT2D eigenvalue weighted by molar-refractivity contribution is 6.05. The zero-order chi connectivity index (χ0) is 12.1. The molecule has 0 fully saturated rings. The summed E-state index contributed by atoms with van der Waals surface area (Å²) < 4.78 is 0. The van der Waals surface area contributed by atoms with Crippen molar-refractivity contribution in [1.29, 1.82) is 0 Å². The van der Waals surface area contributed by atoms with E-state index in [1.54, 1.807) is 7.05 Å². The first-order valence-electron chi connectivity index (χ1n) is 4.84. The number of nitrogens with two attached hydrogens (primary N) is 1. The van der Waals surface area contributed by atoms with Gasteiger partial charge in [-0.1, -0.05) is 17.3 Å². The number of rotatable bonds is 3. The quantitative estimate of drug-likeness (QED) is 0.347. The summed E-state index contributed by atoms with van der Waals surface area (Å²) in [4.78, 5) is 13.2. The molecule has 1 aromatic rings. The number of aryl methyl sites for hydroxylation is 1. The van der Waals surface area contributed by atoms with Gasteiger partial charge in [0.1, 0.15) is 5.84 Å². The largest absolute Gasteiger partial charge is 0.409 e. The Morgan fingerprint density at radius 1 is 1.56 bits per heavy atom. The Balaban J connectivity index is 2.78. The van der Waals surface area contributed by atoms with Gasteiger partial charge >= 0.3 is 0 Å². The molecule has 0 spiro atoms. The number of nitrogens with zero attached hydrogens (tertiary/aromatic N) is 2. The van der Waals surface area contributed by atoms with Crippen molar-refractivity contribution in [1.82, 2.24) is 0 Å². The minimum absolute atomic E-state index is 0.0931. The number of hydrogen-bond acceptors (Lipinski definition) is 3. The second-order valence-electron chi connectivity index (χ2n) is 3.56. The van der Waals surface area contributed by atoms with Crippen molar-refractivity contribution in [3.05, 3.63) is 29.8 Å². The summed E-state index contributed by atoms with van der Waals surface area (Å²) in [6.07, 6.45) is -0.0963. The molecule has 0 heterocycles. The summed E-state index contributed by atoms with van der Waals surface area (Å²) in [5.74, 6) is -0.314. The molecule has 86 valence electrons. The van der Waals surface area contributed by atoms with Gasteiger partial charge in [0.25, 0.3) is 0 Å². The third kappa shape index (κ3) is 2.98. The van der Waals surface area contributed by atoms with Crippen LogP contribution in [0.5, 0.6) is 0 Å². The van der Waals surface area contributed by atoms with Crippen LogP contribution < -0.4 is 10.6 Å². The van der Waals surface area contributed by atoms with E-state index in [0.29, 0.717) is 0 Å². The van der Waals surface area contributed by atoms with E-state index in [9.17, 15) is 4.79 Å². The van der Waals surface area contributed by atoms with Crippen molar-refractivity contribution in [2.45, 2.75) is 13.3 Å². The van der Waals surface area contributed by atoms with Gasteiger partial charge in [-0.25, -0.2) is 0 Å². The van der Waals surface area contributed by atoms with E-state index in [0.717, 1.165) is 11.3 Å². The van der Waals surface area contributed by atoms with Crippen LogP contribution in [0.2, 0.25) is 0 Å². The lowest BCUT2D eigenvalue weighted by Crippen LogP contribution is -2.30. The van der Waals surface area contributed by atoms with Crippen LogP contribution in [0.1, 0.15) is 12.0 Å². The van der Waals surface area contributed by atoms with Gasteiger partial charge in [0, 0.05) is 12.7 Å². The predicted octanol–water partition coefficient (Wildman–Crippen LogP) is 1.09. The van der Waals surface area contributed by atoms with Crippen LogP contribution in [0.4, 0.5) is 5.69 Å². The topological polar surface area (TPSA) is 78.9 Å². The minimum atomic E-state index is -0.221. The number of carbonyl (C=O) groups is 1. The molecule has 16 heavy (non-hydrogen) atoms. The van der Waals surface area contributed by atoms with Crippen LogP contribution in [0.3, 0.4) is 0 Å². The highest BCUT2D eigenvalue weighted by Crippen LogP contribution is 2.14. The van der Waals surface area contributed by atoms with Crippen molar-refractivity contribution in [3.63, 3.8) is 0 Å². The fourth-order valence-corrected chi connectivity index (χ4v) is 1.29. The fraction of sp³-hybridized carbons (Fsp3) is 0.273. The van der Waals surface area contributed by atoms with E-state index in [4.69, 9.17) is 10.9 Å². The van der Waals surface area contributed by atoms with Crippen molar-refractivity contribution < 1.29 is 10.0 Å². The van der Waals surface area contributed by atoms with Gasteiger partial charge in [0.05, 0.1) is 6.42 Å². The Morgan fingerprint density at radius 2 is 2.25 bits per heavy atom. The molecule has 1 amide bonds. The number of benzene rings is 1.